The lowest BCUT2D eigenvalue weighted by molar-refractivity contribution is 0.0950. The van der Waals surface area contributed by atoms with Gasteiger partial charge in [-0.1, -0.05) is 29.8 Å². The second-order valence-corrected chi connectivity index (χ2v) is 4.59. The Morgan fingerprint density at radius 1 is 1.26 bits per heavy atom. The summed E-state index contributed by atoms with van der Waals surface area (Å²) >= 11 is 0. The highest BCUT2D eigenvalue weighted by Gasteiger charge is 2.07. The molecular weight excluding hydrogens is 238 g/mol. The van der Waals surface area contributed by atoms with Crippen molar-refractivity contribution in [1.29, 1.82) is 0 Å². The SMILES string of the molecule is Cc1cccc(CNC(=O)c2cc(C)nc(N)c2)c1. The van der Waals surface area contributed by atoms with Gasteiger partial charge >= 0.3 is 0 Å². The standard InChI is InChI=1S/C15H17N3O/c1-10-4-3-5-12(6-10)9-17-15(19)13-7-11(2)18-14(16)8-13/h3-8H,9H2,1-2H3,(H2,16,18)(H,17,19). The molecule has 0 unspecified atom stereocenters. The Hall–Kier alpha value is -2.36. The number of rotatable bonds is 3. The van der Waals surface area contributed by atoms with Gasteiger partial charge in [0, 0.05) is 17.8 Å². The van der Waals surface area contributed by atoms with Gasteiger partial charge in [0.25, 0.3) is 5.91 Å². The summed E-state index contributed by atoms with van der Waals surface area (Å²) in [6.45, 7) is 4.34. The molecule has 0 spiro atoms. The second-order valence-electron chi connectivity index (χ2n) is 4.59. The minimum absolute atomic E-state index is 0.140. The van der Waals surface area contributed by atoms with Crippen molar-refractivity contribution in [2.45, 2.75) is 20.4 Å². The first kappa shape index (κ1) is 13.1. The Morgan fingerprint density at radius 2 is 2.05 bits per heavy atom. The topological polar surface area (TPSA) is 68.0 Å². The molecule has 0 saturated heterocycles. The number of aromatic nitrogens is 1. The number of nitrogens with two attached hydrogens (primary N) is 1. The van der Waals surface area contributed by atoms with Crippen molar-refractivity contribution < 1.29 is 4.79 Å². The minimum Gasteiger partial charge on any atom is -0.384 e. The van der Waals surface area contributed by atoms with Crippen LogP contribution >= 0.6 is 0 Å². The third kappa shape index (κ3) is 3.55. The first-order valence-corrected chi connectivity index (χ1v) is 6.12. The first-order chi connectivity index (χ1) is 9.04. The van der Waals surface area contributed by atoms with E-state index in [1.165, 1.54) is 5.56 Å². The van der Waals surface area contributed by atoms with Crippen LogP contribution in [0, 0.1) is 13.8 Å². The summed E-state index contributed by atoms with van der Waals surface area (Å²) in [5.41, 5.74) is 9.16. The minimum atomic E-state index is -0.140. The van der Waals surface area contributed by atoms with E-state index in [0.29, 0.717) is 17.9 Å². The van der Waals surface area contributed by atoms with Crippen LogP contribution in [0.2, 0.25) is 0 Å². The molecule has 0 aliphatic rings. The number of nitrogens with one attached hydrogen (secondary N) is 1. The average Bonchev–Trinajstić information content (AvgIpc) is 2.35. The average molecular weight is 255 g/mol. The van der Waals surface area contributed by atoms with Crippen molar-refractivity contribution in [1.82, 2.24) is 10.3 Å². The molecule has 0 saturated carbocycles. The maximum atomic E-state index is 12.0. The first-order valence-electron chi connectivity index (χ1n) is 6.12. The largest absolute Gasteiger partial charge is 0.384 e. The molecule has 1 aromatic carbocycles. The van der Waals surface area contributed by atoms with Gasteiger partial charge in [-0.3, -0.25) is 4.79 Å². The lowest BCUT2D eigenvalue weighted by Gasteiger charge is -2.07. The van der Waals surface area contributed by atoms with E-state index in [4.69, 9.17) is 5.73 Å². The summed E-state index contributed by atoms with van der Waals surface area (Å²) in [7, 11) is 0. The fraction of sp³-hybridized carbons (Fsp3) is 0.200. The Morgan fingerprint density at radius 3 is 2.74 bits per heavy atom. The molecule has 0 aliphatic heterocycles. The number of hydrogen-bond donors (Lipinski definition) is 2. The number of nitrogens with zero attached hydrogens (tertiary/aromatic N) is 1. The highest BCUT2D eigenvalue weighted by molar-refractivity contribution is 5.94. The smallest absolute Gasteiger partial charge is 0.251 e. The molecule has 4 heteroatoms. The van der Waals surface area contributed by atoms with E-state index in [9.17, 15) is 4.79 Å². The van der Waals surface area contributed by atoms with Crippen LogP contribution in [-0.4, -0.2) is 10.9 Å². The molecule has 3 N–H and O–H groups in total. The van der Waals surface area contributed by atoms with Crippen LogP contribution in [-0.2, 0) is 6.54 Å². The Labute approximate surface area is 112 Å². The molecule has 0 bridgehead atoms. The van der Waals surface area contributed by atoms with Gasteiger partial charge in [-0.05, 0) is 31.5 Å². The lowest BCUT2D eigenvalue weighted by atomic mass is 10.1. The van der Waals surface area contributed by atoms with Gasteiger partial charge in [-0.25, -0.2) is 4.98 Å². The molecule has 0 aliphatic carbocycles. The third-order valence-electron chi connectivity index (χ3n) is 2.77. The molecule has 98 valence electrons. The van der Waals surface area contributed by atoms with Crippen LogP contribution in [0.3, 0.4) is 0 Å². The number of anilines is 1. The molecule has 4 nitrogen and oxygen atoms in total. The van der Waals surface area contributed by atoms with E-state index < -0.39 is 0 Å². The molecule has 2 rings (SSSR count). The number of amides is 1. The molecule has 1 heterocycles. The summed E-state index contributed by atoms with van der Waals surface area (Å²) < 4.78 is 0. The van der Waals surface area contributed by atoms with Crippen LogP contribution in [0.15, 0.2) is 36.4 Å². The van der Waals surface area contributed by atoms with Crippen LogP contribution in [0.1, 0.15) is 27.2 Å². The number of hydrogen-bond acceptors (Lipinski definition) is 3. The molecule has 1 aromatic heterocycles. The highest BCUT2D eigenvalue weighted by atomic mass is 16.1. The van der Waals surface area contributed by atoms with Crippen molar-refractivity contribution in [3.05, 3.63) is 58.8 Å². The predicted molar refractivity (Wildman–Crippen MR) is 75.7 cm³/mol. The number of benzene rings is 1. The quantitative estimate of drug-likeness (QED) is 0.883. The maximum absolute atomic E-state index is 12.0. The van der Waals surface area contributed by atoms with Gasteiger partial charge in [0.05, 0.1) is 0 Å². The monoisotopic (exact) mass is 255 g/mol. The van der Waals surface area contributed by atoms with E-state index in [0.717, 1.165) is 11.3 Å². The number of carbonyl (C=O) groups is 1. The van der Waals surface area contributed by atoms with Gasteiger partial charge in [-0.2, -0.15) is 0 Å². The zero-order valence-electron chi connectivity index (χ0n) is 11.1. The molecule has 0 fully saturated rings. The van der Waals surface area contributed by atoms with Gasteiger partial charge in [-0.15, -0.1) is 0 Å². The Bertz CT molecular complexity index is 588. The molecule has 0 atom stereocenters. The van der Waals surface area contributed by atoms with Crippen molar-refractivity contribution in [3.63, 3.8) is 0 Å². The summed E-state index contributed by atoms with van der Waals surface area (Å²) in [5.74, 6) is 0.222. The number of aryl methyl sites for hydroxylation is 2. The number of nitrogen functional groups attached to an aromatic ring is 1. The third-order valence-corrected chi connectivity index (χ3v) is 2.77. The Kier molecular flexibility index (Phi) is 3.80. The van der Waals surface area contributed by atoms with Crippen LogP contribution in [0.5, 0.6) is 0 Å². The summed E-state index contributed by atoms with van der Waals surface area (Å²) in [4.78, 5) is 16.1. The van der Waals surface area contributed by atoms with Crippen LogP contribution < -0.4 is 11.1 Å². The fourth-order valence-electron chi connectivity index (χ4n) is 1.93. The summed E-state index contributed by atoms with van der Waals surface area (Å²) in [6.07, 6.45) is 0. The van der Waals surface area contributed by atoms with Crippen molar-refractivity contribution >= 4 is 11.7 Å². The van der Waals surface area contributed by atoms with Crippen molar-refractivity contribution in [2.75, 3.05) is 5.73 Å². The fourth-order valence-corrected chi connectivity index (χ4v) is 1.93. The molecule has 2 aromatic rings. The maximum Gasteiger partial charge on any atom is 0.251 e. The van der Waals surface area contributed by atoms with Gasteiger partial charge in [0.1, 0.15) is 5.82 Å². The van der Waals surface area contributed by atoms with Crippen molar-refractivity contribution in [3.8, 4) is 0 Å². The van der Waals surface area contributed by atoms with Gasteiger partial charge in [0.15, 0.2) is 0 Å². The van der Waals surface area contributed by atoms with E-state index in [1.54, 1.807) is 12.1 Å². The molecule has 0 radical (unpaired) electrons. The van der Waals surface area contributed by atoms with Crippen molar-refractivity contribution in [2.24, 2.45) is 0 Å². The zero-order valence-corrected chi connectivity index (χ0v) is 11.1. The van der Waals surface area contributed by atoms with Crippen LogP contribution in [0.25, 0.3) is 0 Å². The lowest BCUT2D eigenvalue weighted by Crippen LogP contribution is -2.23. The Balaban J connectivity index is 2.05. The van der Waals surface area contributed by atoms with Gasteiger partial charge in [0.2, 0.25) is 0 Å². The zero-order chi connectivity index (χ0) is 13.8. The molecule has 1 amide bonds. The molecular formula is C15H17N3O. The van der Waals surface area contributed by atoms with E-state index in [2.05, 4.69) is 10.3 Å². The van der Waals surface area contributed by atoms with E-state index in [1.807, 2.05) is 38.1 Å². The molecule has 19 heavy (non-hydrogen) atoms. The predicted octanol–water partition coefficient (Wildman–Crippen LogP) is 2.21. The van der Waals surface area contributed by atoms with Crippen LogP contribution in [0.4, 0.5) is 5.82 Å². The highest BCUT2D eigenvalue weighted by Crippen LogP contribution is 2.08. The normalized spacial score (nSPS) is 10.2. The summed E-state index contributed by atoms with van der Waals surface area (Å²) in [5, 5.41) is 2.87. The summed E-state index contributed by atoms with van der Waals surface area (Å²) in [6, 6.07) is 11.3. The van der Waals surface area contributed by atoms with E-state index in [-0.39, 0.29) is 5.91 Å². The van der Waals surface area contributed by atoms with Gasteiger partial charge < -0.3 is 11.1 Å². The number of pyridine rings is 1. The second kappa shape index (κ2) is 5.52. The number of carbonyl (C=O) groups excluding carboxylic acids is 1. The van der Waals surface area contributed by atoms with E-state index >= 15 is 0 Å².